The fourth-order valence-electron chi connectivity index (χ4n) is 4.95. The van der Waals surface area contributed by atoms with Gasteiger partial charge in [-0.2, -0.15) is 0 Å². The van der Waals surface area contributed by atoms with Gasteiger partial charge in [0.15, 0.2) is 5.79 Å². The Hall–Kier alpha value is -2.77. The summed E-state index contributed by atoms with van der Waals surface area (Å²) in [4.78, 5) is 34.3. The fourth-order valence-corrected chi connectivity index (χ4v) is 4.95. The van der Waals surface area contributed by atoms with Crippen molar-refractivity contribution in [3.8, 4) is 11.3 Å². The molecule has 5 rings (SSSR count). The van der Waals surface area contributed by atoms with Gasteiger partial charge in [-0.05, 0) is 25.0 Å². The van der Waals surface area contributed by atoms with E-state index >= 15 is 0 Å². The van der Waals surface area contributed by atoms with Gasteiger partial charge < -0.3 is 19.3 Å². The summed E-state index contributed by atoms with van der Waals surface area (Å²) >= 11 is 0. The molecule has 0 radical (unpaired) electrons. The zero-order chi connectivity index (χ0) is 22.0. The molecule has 168 valence electrons. The zero-order valence-corrected chi connectivity index (χ0v) is 18.2. The molecule has 0 saturated carbocycles. The molecule has 3 aliphatic heterocycles. The number of piperidine rings is 2. The van der Waals surface area contributed by atoms with Crippen LogP contribution in [0.2, 0.25) is 0 Å². The van der Waals surface area contributed by atoms with Gasteiger partial charge >= 0.3 is 0 Å². The number of nitrogens with zero attached hydrogens (tertiary/aromatic N) is 3. The summed E-state index contributed by atoms with van der Waals surface area (Å²) in [5.41, 5.74) is 2.42. The van der Waals surface area contributed by atoms with Crippen molar-refractivity contribution in [2.75, 3.05) is 39.4 Å². The van der Waals surface area contributed by atoms with E-state index in [1.807, 2.05) is 46.2 Å². The highest BCUT2D eigenvalue weighted by Crippen LogP contribution is 2.32. The number of ether oxygens (including phenoxy) is 2. The lowest BCUT2D eigenvalue weighted by Gasteiger charge is -2.40. The lowest BCUT2D eigenvalue weighted by Crippen LogP contribution is -2.50. The Morgan fingerprint density at radius 1 is 0.906 bits per heavy atom. The number of likely N-dealkylation sites (tertiary alicyclic amines) is 2. The van der Waals surface area contributed by atoms with Crippen molar-refractivity contribution in [1.82, 2.24) is 14.8 Å². The number of pyridine rings is 1. The number of benzene rings is 1. The van der Waals surface area contributed by atoms with Crippen LogP contribution in [0.15, 0.2) is 48.7 Å². The third kappa shape index (κ3) is 4.27. The molecule has 4 heterocycles. The van der Waals surface area contributed by atoms with E-state index in [0.29, 0.717) is 57.8 Å². The lowest BCUT2D eigenvalue weighted by molar-refractivity contribution is -0.188. The van der Waals surface area contributed by atoms with Gasteiger partial charge in [0.05, 0.1) is 18.9 Å². The molecule has 7 heteroatoms. The quantitative estimate of drug-likeness (QED) is 0.741. The van der Waals surface area contributed by atoms with Crippen LogP contribution >= 0.6 is 0 Å². The minimum absolute atomic E-state index is 0.00549. The first kappa shape index (κ1) is 21.1. The zero-order valence-electron chi connectivity index (χ0n) is 18.2. The van der Waals surface area contributed by atoms with Crippen LogP contribution in [0, 0.1) is 5.92 Å². The molecule has 3 saturated heterocycles. The Morgan fingerprint density at radius 3 is 2.28 bits per heavy atom. The second-order valence-corrected chi connectivity index (χ2v) is 8.80. The Labute approximate surface area is 188 Å². The fraction of sp³-hybridized carbons (Fsp3) is 0.480. The SMILES string of the molecule is O=C(c1ccnc(-c2ccccc2)c1)N1CCC(C(=O)N2CCC3(CC2)OCCO3)CC1. The summed E-state index contributed by atoms with van der Waals surface area (Å²) in [5.74, 6) is -0.266. The average molecular weight is 436 g/mol. The van der Waals surface area contributed by atoms with E-state index < -0.39 is 5.79 Å². The number of hydrogen-bond donors (Lipinski definition) is 0. The first-order chi connectivity index (χ1) is 15.6. The molecule has 3 fully saturated rings. The number of amides is 2. The predicted molar refractivity (Wildman–Crippen MR) is 119 cm³/mol. The van der Waals surface area contributed by atoms with Gasteiger partial charge in [0.2, 0.25) is 5.91 Å². The van der Waals surface area contributed by atoms with Crippen LogP contribution in [0.4, 0.5) is 0 Å². The van der Waals surface area contributed by atoms with E-state index in [1.165, 1.54) is 0 Å². The highest BCUT2D eigenvalue weighted by atomic mass is 16.7. The maximum atomic E-state index is 13.1. The van der Waals surface area contributed by atoms with Crippen LogP contribution < -0.4 is 0 Å². The Kier molecular flexibility index (Phi) is 5.93. The number of hydrogen-bond acceptors (Lipinski definition) is 5. The summed E-state index contributed by atoms with van der Waals surface area (Å²) in [6, 6.07) is 13.5. The Morgan fingerprint density at radius 2 is 1.59 bits per heavy atom. The summed E-state index contributed by atoms with van der Waals surface area (Å²) in [6.07, 6.45) is 4.57. The molecule has 2 amide bonds. The summed E-state index contributed by atoms with van der Waals surface area (Å²) in [5, 5.41) is 0. The molecule has 0 bridgehead atoms. The summed E-state index contributed by atoms with van der Waals surface area (Å²) in [6.45, 7) is 3.84. The number of carbonyl (C=O) groups is 2. The van der Waals surface area contributed by atoms with Crippen molar-refractivity contribution in [2.24, 2.45) is 5.92 Å². The average Bonchev–Trinajstić information content (AvgIpc) is 3.32. The van der Waals surface area contributed by atoms with Crippen molar-refractivity contribution >= 4 is 11.8 Å². The van der Waals surface area contributed by atoms with Gasteiger partial charge in [-0.1, -0.05) is 30.3 Å². The lowest BCUT2D eigenvalue weighted by atomic mass is 9.93. The van der Waals surface area contributed by atoms with E-state index in [-0.39, 0.29) is 17.7 Å². The standard InChI is InChI=1S/C25H29N3O4/c29-23(28-14-9-25(10-15-28)31-16-17-32-25)20-7-12-27(13-8-20)24(30)21-6-11-26-22(18-21)19-4-2-1-3-5-19/h1-6,11,18,20H,7-10,12-17H2. The summed E-state index contributed by atoms with van der Waals surface area (Å²) in [7, 11) is 0. The van der Waals surface area contributed by atoms with Gasteiger partial charge in [-0.3, -0.25) is 14.6 Å². The molecule has 7 nitrogen and oxygen atoms in total. The molecule has 32 heavy (non-hydrogen) atoms. The molecule has 3 aliphatic rings. The molecule has 1 aromatic heterocycles. The van der Waals surface area contributed by atoms with Crippen LogP contribution in [0.25, 0.3) is 11.3 Å². The van der Waals surface area contributed by atoms with E-state index in [1.54, 1.807) is 12.3 Å². The Balaban J connectivity index is 1.16. The van der Waals surface area contributed by atoms with E-state index in [0.717, 1.165) is 24.1 Å². The van der Waals surface area contributed by atoms with Crippen LogP contribution in [0.5, 0.6) is 0 Å². The Bertz CT molecular complexity index is 956. The van der Waals surface area contributed by atoms with E-state index in [2.05, 4.69) is 4.98 Å². The molecular weight excluding hydrogens is 406 g/mol. The predicted octanol–water partition coefficient (Wildman–Crippen LogP) is 2.97. The van der Waals surface area contributed by atoms with Crippen molar-refractivity contribution in [1.29, 1.82) is 0 Å². The molecular formula is C25H29N3O4. The van der Waals surface area contributed by atoms with Gasteiger partial charge in [-0.25, -0.2) is 0 Å². The summed E-state index contributed by atoms with van der Waals surface area (Å²) < 4.78 is 11.5. The largest absolute Gasteiger partial charge is 0.347 e. The highest BCUT2D eigenvalue weighted by molar-refractivity contribution is 5.95. The van der Waals surface area contributed by atoms with Gasteiger partial charge in [0.1, 0.15) is 0 Å². The molecule has 1 aromatic carbocycles. The third-order valence-corrected chi connectivity index (χ3v) is 6.86. The van der Waals surface area contributed by atoms with Crippen LogP contribution in [-0.2, 0) is 14.3 Å². The van der Waals surface area contributed by atoms with E-state index in [4.69, 9.17) is 9.47 Å². The van der Waals surface area contributed by atoms with Crippen LogP contribution in [-0.4, -0.2) is 71.8 Å². The minimum Gasteiger partial charge on any atom is -0.347 e. The first-order valence-electron chi connectivity index (χ1n) is 11.5. The minimum atomic E-state index is -0.463. The first-order valence-corrected chi connectivity index (χ1v) is 11.5. The smallest absolute Gasteiger partial charge is 0.253 e. The van der Waals surface area contributed by atoms with Crippen molar-refractivity contribution in [3.05, 3.63) is 54.2 Å². The van der Waals surface area contributed by atoms with Gasteiger partial charge in [0, 0.05) is 62.3 Å². The molecule has 1 spiro atoms. The second-order valence-electron chi connectivity index (χ2n) is 8.80. The number of carbonyl (C=O) groups excluding carboxylic acids is 2. The third-order valence-electron chi connectivity index (χ3n) is 6.86. The van der Waals surface area contributed by atoms with Crippen molar-refractivity contribution in [2.45, 2.75) is 31.5 Å². The second kappa shape index (κ2) is 9.00. The highest BCUT2D eigenvalue weighted by Gasteiger charge is 2.42. The number of aromatic nitrogens is 1. The van der Waals surface area contributed by atoms with Gasteiger partial charge in [-0.15, -0.1) is 0 Å². The molecule has 0 unspecified atom stereocenters. The van der Waals surface area contributed by atoms with Crippen LogP contribution in [0.3, 0.4) is 0 Å². The maximum Gasteiger partial charge on any atom is 0.253 e. The topological polar surface area (TPSA) is 72.0 Å². The monoisotopic (exact) mass is 435 g/mol. The van der Waals surface area contributed by atoms with Crippen molar-refractivity contribution < 1.29 is 19.1 Å². The van der Waals surface area contributed by atoms with E-state index in [9.17, 15) is 9.59 Å². The van der Waals surface area contributed by atoms with Gasteiger partial charge in [0.25, 0.3) is 5.91 Å². The molecule has 0 atom stereocenters. The van der Waals surface area contributed by atoms with Crippen molar-refractivity contribution in [3.63, 3.8) is 0 Å². The number of rotatable bonds is 3. The normalized spacial score (nSPS) is 21.1. The molecule has 2 aromatic rings. The molecule has 0 N–H and O–H groups in total. The molecule has 0 aliphatic carbocycles. The maximum absolute atomic E-state index is 13.1. The van der Waals surface area contributed by atoms with Crippen LogP contribution in [0.1, 0.15) is 36.0 Å².